The Balaban J connectivity index is 1.89. The van der Waals surface area contributed by atoms with E-state index < -0.39 is 5.60 Å². The van der Waals surface area contributed by atoms with E-state index in [1.807, 2.05) is 75.4 Å². The first-order chi connectivity index (χ1) is 12.3. The zero-order valence-electron chi connectivity index (χ0n) is 15.7. The smallest absolute Gasteiger partial charge is 0.410 e. The van der Waals surface area contributed by atoms with Crippen LogP contribution in [-0.2, 0) is 11.2 Å². The van der Waals surface area contributed by atoms with E-state index in [1.165, 1.54) is 0 Å². The number of carbonyl (C=O) groups excluding carboxylic acids is 1. The van der Waals surface area contributed by atoms with E-state index in [0.29, 0.717) is 6.42 Å². The number of amides is 1. The Labute approximate surface area is 154 Å². The highest BCUT2D eigenvalue weighted by molar-refractivity contribution is 5.74. The fourth-order valence-electron chi connectivity index (χ4n) is 2.90. The maximum absolute atomic E-state index is 12.6. The minimum atomic E-state index is -0.536. The van der Waals surface area contributed by atoms with E-state index in [4.69, 9.17) is 4.74 Å². The van der Waals surface area contributed by atoms with Crippen molar-refractivity contribution < 1.29 is 9.53 Å². The van der Waals surface area contributed by atoms with Crippen molar-refractivity contribution in [3.63, 3.8) is 0 Å². The highest BCUT2D eigenvalue weighted by Gasteiger charge is 2.27. The summed E-state index contributed by atoms with van der Waals surface area (Å²) in [5, 5.41) is 0. The van der Waals surface area contributed by atoms with Crippen LogP contribution in [0, 0.1) is 0 Å². The first-order valence-electron chi connectivity index (χ1n) is 8.78. The van der Waals surface area contributed by atoms with Gasteiger partial charge in [-0.1, -0.05) is 42.5 Å². The first kappa shape index (κ1) is 18.0. The van der Waals surface area contributed by atoms with Crippen molar-refractivity contribution in [2.45, 2.75) is 38.8 Å². The number of aromatic nitrogens is 2. The summed E-state index contributed by atoms with van der Waals surface area (Å²) >= 11 is 0. The number of fused-ring (bicyclic) bond motifs is 1. The maximum atomic E-state index is 12.6. The highest BCUT2D eigenvalue weighted by atomic mass is 16.6. The molecule has 0 radical (unpaired) electrons. The van der Waals surface area contributed by atoms with Gasteiger partial charge in [0.1, 0.15) is 11.4 Å². The molecule has 0 saturated heterocycles. The number of imidazole rings is 1. The molecule has 1 amide bonds. The normalized spacial score (nSPS) is 12.8. The number of aromatic amines is 1. The van der Waals surface area contributed by atoms with Crippen molar-refractivity contribution in [3.8, 4) is 0 Å². The number of ether oxygens (including phenoxy) is 1. The van der Waals surface area contributed by atoms with Crippen LogP contribution < -0.4 is 0 Å². The summed E-state index contributed by atoms with van der Waals surface area (Å²) in [7, 11) is 1.77. The number of rotatable bonds is 4. The highest BCUT2D eigenvalue weighted by Crippen LogP contribution is 2.26. The number of nitrogens with one attached hydrogen (secondary N) is 1. The van der Waals surface area contributed by atoms with Crippen LogP contribution in [0.2, 0.25) is 0 Å². The van der Waals surface area contributed by atoms with Gasteiger partial charge in [-0.15, -0.1) is 0 Å². The molecule has 1 heterocycles. The summed E-state index contributed by atoms with van der Waals surface area (Å²) in [6.07, 6.45) is 0.233. The molecule has 2 aromatic carbocycles. The van der Waals surface area contributed by atoms with Gasteiger partial charge in [-0.05, 0) is 38.5 Å². The van der Waals surface area contributed by atoms with Crippen LogP contribution in [-0.4, -0.2) is 33.6 Å². The number of hydrogen-bond acceptors (Lipinski definition) is 3. The number of nitrogens with zero attached hydrogens (tertiary/aromatic N) is 2. The molecule has 0 aliphatic rings. The van der Waals surface area contributed by atoms with Crippen LogP contribution in [0.15, 0.2) is 54.6 Å². The van der Waals surface area contributed by atoms with Gasteiger partial charge >= 0.3 is 6.09 Å². The topological polar surface area (TPSA) is 58.2 Å². The van der Waals surface area contributed by atoms with E-state index in [2.05, 4.69) is 9.97 Å². The molecule has 1 N–H and O–H groups in total. The van der Waals surface area contributed by atoms with Gasteiger partial charge in [-0.2, -0.15) is 0 Å². The first-order valence-corrected chi connectivity index (χ1v) is 8.78. The summed E-state index contributed by atoms with van der Waals surface area (Å²) in [6, 6.07) is 17.7. The van der Waals surface area contributed by atoms with Gasteiger partial charge in [0.15, 0.2) is 0 Å². The average Bonchev–Trinajstić information content (AvgIpc) is 3.01. The molecule has 1 atom stereocenters. The van der Waals surface area contributed by atoms with Crippen molar-refractivity contribution in [1.82, 2.24) is 14.9 Å². The fourth-order valence-corrected chi connectivity index (χ4v) is 2.90. The van der Waals surface area contributed by atoms with Gasteiger partial charge < -0.3 is 14.6 Å². The minimum absolute atomic E-state index is 0.174. The van der Waals surface area contributed by atoms with E-state index in [0.717, 1.165) is 22.4 Å². The van der Waals surface area contributed by atoms with Crippen LogP contribution in [0.3, 0.4) is 0 Å². The second-order valence-corrected chi connectivity index (χ2v) is 7.42. The fraction of sp³-hybridized carbons (Fsp3) is 0.333. The lowest BCUT2D eigenvalue weighted by Gasteiger charge is -2.30. The number of carbonyl (C=O) groups is 1. The van der Waals surface area contributed by atoms with Gasteiger partial charge in [0, 0.05) is 13.5 Å². The Hall–Kier alpha value is -2.82. The van der Waals surface area contributed by atoms with E-state index in [1.54, 1.807) is 11.9 Å². The Bertz CT molecular complexity index is 848. The third-order valence-electron chi connectivity index (χ3n) is 4.16. The van der Waals surface area contributed by atoms with Crippen LogP contribution >= 0.6 is 0 Å². The molecule has 0 spiro atoms. The number of benzene rings is 2. The lowest BCUT2D eigenvalue weighted by Crippen LogP contribution is -2.37. The molecule has 0 saturated carbocycles. The van der Waals surface area contributed by atoms with Crippen molar-refractivity contribution in [3.05, 3.63) is 66.0 Å². The van der Waals surface area contributed by atoms with E-state index in [-0.39, 0.29) is 12.1 Å². The predicted molar refractivity (Wildman–Crippen MR) is 103 cm³/mol. The average molecular weight is 351 g/mol. The third-order valence-corrected chi connectivity index (χ3v) is 4.16. The molecule has 5 nitrogen and oxygen atoms in total. The molecule has 26 heavy (non-hydrogen) atoms. The van der Waals surface area contributed by atoms with Crippen LogP contribution in [0.25, 0.3) is 11.0 Å². The lowest BCUT2D eigenvalue weighted by molar-refractivity contribution is 0.0218. The summed E-state index contributed by atoms with van der Waals surface area (Å²) in [5.41, 5.74) is 2.43. The standard InChI is InChI=1S/C21H25N3O2/c1-21(2,3)26-20(25)24(4)18(15-10-6-5-7-11-15)14-19-22-16-12-8-9-13-17(16)23-19/h5-13,18H,14H2,1-4H3,(H,22,23). The lowest BCUT2D eigenvalue weighted by atomic mass is 10.0. The van der Waals surface area contributed by atoms with Crippen LogP contribution in [0.1, 0.15) is 38.2 Å². The molecule has 0 aliphatic heterocycles. The minimum Gasteiger partial charge on any atom is -0.444 e. The zero-order chi connectivity index (χ0) is 18.7. The zero-order valence-corrected chi connectivity index (χ0v) is 15.7. The van der Waals surface area contributed by atoms with Crippen molar-refractivity contribution >= 4 is 17.1 Å². The van der Waals surface area contributed by atoms with Crippen molar-refractivity contribution in [2.24, 2.45) is 0 Å². The summed E-state index contributed by atoms with van der Waals surface area (Å²) < 4.78 is 5.55. The molecule has 0 aliphatic carbocycles. The second-order valence-electron chi connectivity index (χ2n) is 7.42. The molecular formula is C21H25N3O2. The summed E-state index contributed by atoms with van der Waals surface area (Å²) in [5.74, 6) is 0.843. The molecular weight excluding hydrogens is 326 g/mol. The molecule has 1 aromatic heterocycles. The molecule has 3 rings (SSSR count). The number of para-hydroxylation sites is 2. The van der Waals surface area contributed by atoms with E-state index >= 15 is 0 Å². The van der Waals surface area contributed by atoms with Crippen LogP contribution in [0.4, 0.5) is 4.79 Å². The quantitative estimate of drug-likeness (QED) is 0.740. The molecule has 1 unspecified atom stereocenters. The van der Waals surface area contributed by atoms with Gasteiger partial charge in [0.05, 0.1) is 17.1 Å². The Morgan fingerprint density at radius 1 is 1.12 bits per heavy atom. The SMILES string of the molecule is CN(C(=O)OC(C)(C)C)C(Cc1nc2ccccc2[nH]1)c1ccccc1. The summed E-state index contributed by atoms with van der Waals surface area (Å²) in [4.78, 5) is 22.3. The Morgan fingerprint density at radius 2 is 1.77 bits per heavy atom. The van der Waals surface area contributed by atoms with Gasteiger partial charge in [-0.25, -0.2) is 9.78 Å². The molecule has 5 heteroatoms. The molecule has 0 bridgehead atoms. The number of hydrogen-bond donors (Lipinski definition) is 1. The summed E-state index contributed by atoms with van der Waals surface area (Å²) in [6.45, 7) is 5.61. The Morgan fingerprint density at radius 3 is 2.42 bits per heavy atom. The largest absolute Gasteiger partial charge is 0.444 e. The second kappa shape index (κ2) is 7.20. The predicted octanol–water partition coefficient (Wildman–Crippen LogP) is 4.71. The third kappa shape index (κ3) is 4.23. The van der Waals surface area contributed by atoms with E-state index in [9.17, 15) is 4.79 Å². The van der Waals surface area contributed by atoms with Gasteiger partial charge in [-0.3, -0.25) is 0 Å². The van der Waals surface area contributed by atoms with Crippen molar-refractivity contribution in [2.75, 3.05) is 7.05 Å². The van der Waals surface area contributed by atoms with Gasteiger partial charge in [0.25, 0.3) is 0 Å². The van der Waals surface area contributed by atoms with Gasteiger partial charge in [0.2, 0.25) is 0 Å². The Kier molecular flexibility index (Phi) is 4.98. The monoisotopic (exact) mass is 351 g/mol. The molecule has 136 valence electrons. The maximum Gasteiger partial charge on any atom is 0.410 e. The van der Waals surface area contributed by atoms with Crippen LogP contribution in [0.5, 0.6) is 0 Å². The number of likely N-dealkylation sites (N-methyl/N-ethyl adjacent to an activating group) is 1. The molecule has 0 fully saturated rings. The molecule has 3 aromatic rings. The number of H-pyrrole nitrogens is 1. The van der Waals surface area contributed by atoms with Crippen molar-refractivity contribution in [1.29, 1.82) is 0 Å².